The van der Waals surface area contributed by atoms with Gasteiger partial charge in [-0.3, -0.25) is 9.59 Å². The molecule has 1 fully saturated rings. The molecule has 0 aliphatic carbocycles. The molecule has 0 spiro atoms. The highest BCUT2D eigenvalue weighted by Crippen LogP contribution is 2.29. The summed E-state index contributed by atoms with van der Waals surface area (Å²) in [6, 6.07) is 11.0. The van der Waals surface area contributed by atoms with Crippen LogP contribution in [0.2, 0.25) is 0 Å². The number of rotatable bonds is 3. The summed E-state index contributed by atoms with van der Waals surface area (Å²) in [5.41, 5.74) is 0.754. The molecule has 1 aliphatic heterocycles. The molecule has 0 bridgehead atoms. The van der Waals surface area contributed by atoms with Crippen LogP contribution in [0.1, 0.15) is 5.56 Å². The van der Waals surface area contributed by atoms with Gasteiger partial charge in [0.15, 0.2) is 0 Å². The number of nitrogens with one attached hydrogen (secondary N) is 2. The number of benzene rings is 2. The van der Waals surface area contributed by atoms with Crippen LogP contribution in [-0.2, 0) is 15.8 Å². The third-order valence-corrected chi connectivity index (χ3v) is 4.67. The lowest BCUT2D eigenvalue weighted by molar-refractivity contribution is -0.137. The van der Waals surface area contributed by atoms with Crippen molar-refractivity contribution in [3.05, 3.63) is 54.1 Å². The molecule has 29 heavy (non-hydrogen) atoms. The summed E-state index contributed by atoms with van der Waals surface area (Å²) in [5.74, 6) is -1.87. The van der Waals surface area contributed by atoms with Crippen LogP contribution < -0.4 is 15.5 Å². The second-order valence-corrected chi connectivity index (χ2v) is 6.82. The van der Waals surface area contributed by atoms with Gasteiger partial charge in [-0.15, -0.1) is 0 Å². The van der Waals surface area contributed by atoms with Crippen LogP contribution in [0.15, 0.2) is 48.5 Å². The summed E-state index contributed by atoms with van der Waals surface area (Å²) in [6.07, 6.45) is -4.46. The van der Waals surface area contributed by atoms with Crippen LogP contribution in [0, 0.1) is 0 Å². The summed E-state index contributed by atoms with van der Waals surface area (Å²) in [4.78, 5) is 28.5. The predicted molar refractivity (Wildman–Crippen MR) is 105 cm³/mol. The summed E-state index contributed by atoms with van der Waals surface area (Å²) >= 11 is 0. The Morgan fingerprint density at radius 3 is 1.69 bits per heavy atom. The first-order valence-electron chi connectivity index (χ1n) is 9.05. The molecule has 3 rings (SSSR count). The van der Waals surface area contributed by atoms with Crippen LogP contribution in [-0.4, -0.2) is 49.9 Å². The van der Waals surface area contributed by atoms with Crippen molar-refractivity contribution in [2.45, 2.75) is 6.18 Å². The third-order valence-electron chi connectivity index (χ3n) is 4.67. The van der Waals surface area contributed by atoms with E-state index in [2.05, 4.69) is 27.5 Å². The van der Waals surface area contributed by atoms with Gasteiger partial charge in [0.1, 0.15) is 0 Å². The molecule has 1 aliphatic rings. The smallest absolute Gasteiger partial charge is 0.369 e. The first-order chi connectivity index (χ1) is 13.7. The van der Waals surface area contributed by atoms with Crippen molar-refractivity contribution in [3.8, 4) is 0 Å². The molecule has 0 atom stereocenters. The second-order valence-electron chi connectivity index (χ2n) is 6.82. The van der Waals surface area contributed by atoms with Crippen molar-refractivity contribution in [1.82, 2.24) is 4.90 Å². The maximum absolute atomic E-state index is 12.6. The predicted octanol–water partition coefficient (Wildman–Crippen LogP) is 3.03. The van der Waals surface area contributed by atoms with E-state index in [9.17, 15) is 22.8 Å². The van der Waals surface area contributed by atoms with E-state index in [4.69, 9.17) is 0 Å². The Kier molecular flexibility index (Phi) is 6.07. The minimum Gasteiger partial charge on any atom is -0.369 e. The topological polar surface area (TPSA) is 64.7 Å². The SMILES string of the molecule is CN1CCN(c2ccc(NC(=O)C(=O)Nc3ccc(C(F)(F)F)cc3)cc2)CC1. The largest absolute Gasteiger partial charge is 0.416 e. The number of carbonyl (C=O) groups is 2. The van der Waals surface area contributed by atoms with E-state index in [1.807, 2.05) is 12.1 Å². The molecule has 1 saturated heterocycles. The Bertz CT molecular complexity index is 859. The van der Waals surface area contributed by atoms with Crippen molar-refractivity contribution in [2.24, 2.45) is 0 Å². The van der Waals surface area contributed by atoms with Gasteiger partial charge < -0.3 is 20.4 Å². The normalized spacial score (nSPS) is 15.1. The zero-order valence-electron chi connectivity index (χ0n) is 15.8. The quantitative estimate of drug-likeness (QED) is 0.770. The molecule has 0 radical (unpaired) electrons. The highest BCUT2D eigenvalue weighted by molar-refractivity contribution is 6.43. The molecule has 2 aromatic carbocycles. The number of nitrogens with zero attached hydrogens (tertiary/aromatic N) is 2. The zero-order chi connectivity index (χ0) is 21.0. The fourth-order valence-electron chi connectivity index (χ4n) is 2.94. The van der Waals surface area contributed by atoms with Gasteiger partial charge in [0, 0.05) is 43.2 Å². The number of amides is 2. The van der Waals surface area contributed by atoms with Crippen LogP contribution in [0.25, 0.3) is 0 Å². The highest BCUT2D eigenvalue weighted by atomic mass is 19.4. The van der Waals surface area contributed by atoms with Crippen LogP contribution in [0.3, 0.4) is 0 Å². The molecule has 0 unspecified atom stereocenters. The van der Waals surface area contributed by atoms with E-state index in [0.717, 1.165) is 56.1 Å². The van der Waals surface area contributed by atoms with Crippen LogP contribution >= 0.6 is 0 Å². The number of alkyl halides is 3. The van der Waals surface area contributed by atoms with Crippen molar-refractivity contribution in [3.63, 3.8) is 0 Å². The minimum atomic E-state index is -4.46. The van der Waals surface area contributed by atoms with Crippen molar-refractivity contribution in [1.29, 1.82) is 0 Å². The fourth-order valence-corrected chi connectivity index (χ4v) is 2.94. The lowest BCUT2D eigenvalue weighted by atomic mass is 10.2. The monoisotopic (exact) mass is 406 g/mol. The van der Waals surface area contributed by atoms with E-state index < -0.39 is 23.6 Å². The van der Waals surface area contributed by atoms with Crippen LogP contribution in [0.5, 0.6) is 0 Å². The minimum absolute atomic E-state index is 0.101. The highest BCUT2D eigenvalue weighted by Gasteiger charge is 2.30. The molecule has 0 saturated carbocycles. The first-order valence-corrected chi connectivity index (χ1v) is 9.05. The summed E-state index contributed by atoms with van der Waals surface area (Å²) in [7, 11) is 2.08. The Morgan fingerprint density at radius 1 is 0.793 bits per heavy atom. The van der Waals surface area contributed by atoms with Crippen molar-refractivity contribution >= 4 is 28.9 Å². The number of likely N-dealkylation sites (N-methyl/N-ethyl adjacent to an activating group) is 1. The number of carbonyl (C=O) groups excluding carboxylic acids is 2. The number of anilines is 3. The molecule has 2 N–H and O–H groups in total. The third kappa shape index (κ3) is 5.47. The van der Waals surface area contributed by atoms with Gasteiger partial charge in [-0.25, -0.2) is 0 Å². The molecule has 6 nitrogen and oxygen atoms in total. The molecule has 154 valence electrons. The molecule has 1 heterocycles. The molecule has 2 aromatic rings. The number of halogens is 3. The fraction of sp³-hybridized carbons (Fsp3) is 0.300. The van der Waals surface area contributed by atoms with Gasteiger partial charge in [0.25, 0.3) is 0 Å². The Labute approximate surface area is 166 Å². The lowest BCUT2D eigenvalue weighted by Crippen LogP contribution is -2.44. The van der Waals surface area contributed by atoms with Gasteiger partial charge in [-0.1, -0.05) is 0 Å². The van der Waals surface area contributed by atoms with E-state index in [1.165, 1.54) is 0 Å². The number of piperazine rings is 1. The van der Waals surface area contributed by atoms with Crippen molar-refractivity contribution in [2.75, 3.05) is 48.8 Å². The maximum Gasteiger partial charge on any atom is 0.416 e. The lowest BCUT2D eigenvalue weighted by Gasteiger charge is -2.34. The van der Waals surface area contributed by atoms with E-state index in [1.54, 1.807) is 12.1 Å². The first kappa shape index (κ1) is 20.7. The van der Waals surface area contributed by atoms with E-state index >= 15 is 0 Å². The van der Waals surface area contributed by atoms with Gasteiger partial charge in [0.2, 0.25) is 0 Å². The number of hydrogen-bond donors (Lipinski definition) is 2. The van der Waals surface area contributed by atoms with Gasteiger partial charge in [-0.05, 0) is 55.6 Å². The summed E-state index contributed by atoms with van der Waals surface area (Å²) < 4.78 is 37.7. The summed E-state index contributed by atoms with van der Waals surface area (Å²) in [5, 5.41) is 4.75. The van der Waals surface area contributed by atoms with E-state index in [-0.39, 0.29) is 5.69 Å². The van der Waals surface area contributed by atoms with E-state index in [0.29, 0.717) is 5.69 Å². The Morgan fingerprint density at radius 2 is 1.24 bits per heavy atom. The standard InChI is InChI=1S/C20H21F3N4O2/c1-26-10-12-27(13-11-26)17-8-6-16(7-9-17)25-19(29)18(28)24-15-4-2-14(3-5-15)20(21,22)23/h2-9H,10-13H2,1H3,(H,24,28)(H,25,29). The molecule has 2 amide bonds. The van der Waals surface area contributed by atoms with Crippen LogP contribution in [0.4, 0.5) is 30.2 Å². The van der Waals surface area contributed by atoms with Gasteiger partial charge >= 0.3 is 18.0 Å². The molecule has 0 aromatic heterocycles. The average molecular weight is 406 g/mol. The zero-order valence-corrected chi connectivity index (χ0v) is 15.8. The Hall–Kier alpha value is -3.07. The maximum atomic E-state index is 12.6. The number of hydrogen-bond acceptors (Lipinski definition) is 4. The molecule has 9 heteroatoms. The Balaban J connectivity index is 1.55. The molecular formula is C20H21F3N4O2. The second kappa shape index (κ2) is 8.52. The average Bonchev–Trinajstić information content (AvgIpc) is 2.69. The van der Waals surface area contributed by atoms with Gasteiger partial charge in [0.05, 0.1) is 5.56 Å². The van der Waals surface area contributed by atoms with Crippen molar-refractivity contribution < 1.29 is 22.8 Å². The van der Waals surface area contributed by atoms with Gasteiger partial charge in [-0.2, -0.15) is 13.2 Å². The molecular weight excluding hydrogens is 385 g/mol. The summed E-state index contributed by atoms with van der Waals surface area (Å²) in [6.45, 7) is 3.78.